The zero-order valence-electron chi connectivity index (χ0n) is 12.9. The zero-order chi connectivity index (χ0) is 16.8. The Kier molecular flexibility index (Phi) is 5.30. The molecule has 0 saturated heterocycles. The Bertz CT molecular complexity index is 727. The van der Waals surface area contributed by atoms with Crippen LogP contribution in [0.4, 0.5) is 5.69 Å². The minimum Gasteiger partial charge on any atom is -0.490 e. The first-order valence-corrected chi connectivity index (χ1v) is 7.10. The molecule has 0 atom stereocenters. The van der Waals surface area contributed by atoms with Gasteiger partial charge in [-0.2, -0.15) is 0 Å². The molecule has 0 bridgehead atoms. The summed E-state index contributed by atoms with van der Waals surface area (Å²) < 4.78 is 10.6. The molecule has 0 unspecified atom stereocenters. The van der Waals surface area contributed by atoms with Crippen molar-refractivity contribution in [3.05, 3.63) is 69.3 Å². The average molecular weight is 315 g/mol. The number of nitro benzene ring substituents is 1. The van der Waals surface area contributed by atoms with E-state index >= 15 is 0 Å². The summed E-state index contributed by atoms with van der Waals surface area (Å²) in [6, 6.07) is 12.0. The largest absolute Gasteiger partial charge is 0.490 e. The summed E-state index contributed by atoms with van der Waals surface area (Å²) in [4.78, 5) is 22.5. The van der Waals surface area contributed by atoms with Crippen molar-refractivity contribution in [3.63, 3.8) is 0 Å². The molecule has 0 aromatic heterocycles. The van der Waals surface area contributed by atoms with Gasteiger partial charge in [0.25, 0.3) is 5.69 Å². The summed E-state index contributed by atoms with van der Waals surface area (Å²) in [5.74, 6) is -0.0149. The third-order valence-electron chi connectivity index (χ3n) is 3.31. The molecule has 0 aliphatic heterocycles. The van der Waals surface area contributed by atoms with Gasteiger partial charge in [-0.25, -0.2) is 4.79 Å². The van der Waals surface area contributed by atoms with Crippen LogP contribution in [0.1, 0.15) is 21.5 Å². The van der Waals surface area contributed by atoms with E-state index in [0.29, 0.717) is 11.3 Å². The molecule has 0 aliphatic rings. The molecule has 2 rings (SSSR count). The van der Waals surface area contributed by atoms with Crippen LogP contribution < -0.4 is 4.74 Å². The van der Waals surface area contributed by atoms with Crippen LogP contribution in [0.25, 0.3) is 0 Å². The maximum absolute atomic E-state index is 12.0. The fourth-order valence-electron chi connectivity index (χ4n) is 2.15. The minimum absolute atomic E-state index is 0.0122. The van der Waals surface area contributed by atoms with Gasteiger partial charge >= 0.3 is 5.97 Å². The van der Waals surface area contributed by atoms with Gasteiger partial charge in [0.1, 0.15) is 24.5 Å². The van der Waals surface area contributed by atoms with Crippen LogP contribution in [-0.4, -0.2) is 24.1 Å². The lowest BCUT2D eigenvalue weighted by molar-refractivity contribution is -0.385. The summed E-state index contributed by atoms with van der Waals surface area (Å²) in [5, 5.41) is 11.1. The number of carbonyl (C=O) groups excluding carboxylic acids is 1. The summed E-state index contributed by atoms with van der Waals surface area (Å²) in [6.45, 7) is 3.68. The Morgan fingerprint density at radius 1 is 1.04 bits per heavy atom. The van der Waals surface area contributed by atoms with E-state index in [1.54, 1.807) is 19.1 Å². The second kappa shape index (κ2) is 7.40. The molecule has 6 heteroatoms. The number of rotatable bonds is 6. The van der Waals surface area contributed by atoms with Gasteiger partial charge in [-0.3, -0.25) is 10.1 Å². The number of benzene rings is 2. The number of hydrogen-bond acceptors (Lipinski definition) is 5. The number of aryl methyl sites for hydroxylation is 2. The fourth-order valence-corrected chi connectivity index (χ4v) is 2.15. The Labute approximate surface area is 133 Å². The van der Waals surface area contributed by atoms with Crippen LogP contribution in [0.2, 0.25) is 0 Å². The van der Waals surface area contributed by atoms with Crippen molar-refractivity contribution in [2.45, 2.75) is 13.8 Å². The van der Waals surface area contributed by atoms with Gasteiger partial charge in [0.2, 0.25) is 0 Å². The third kappa shape index (κ3) is 4.06. The molecule has 2 aromatic rings. The van der Waals surface area contributed by atoms with Gasteiger partial charge in [0, 0.05) is 5.56 Å². The molecule has 120 valence electrons. The van der Waals surface area contributed by atoms with E-state index in [4.69, 9.17) is 9.47 Å². The predicted molar refractivity (Wildman–Crippen MR) is 84.8 cm³/mol. The number of ether oxygens (including phenoxy) is 2. The molecule has 0 amide bonds. The van der Waals surface area contributed by atoms with E-state index in [1.807, 2.05) is 31.2 Å². The summed E-state index contributed by atoms with van der Waals surface area (Å²) >= 11 is 0. The van der Waals surface area contributed by atoms with Gasteiger partial charge in [-0.15, -0.1) is 0 Å². The van der Waals surface area contributed by atoms with Crippen molar-refractivity contribution in [3.8, 4) is 5.75 Å². The number of carbonyl (C=O) groups is 1. The van der Waals surface area contributed by atoms with E-state index < -0.39 is 10.9 Å². The first-order chi connectivity index (χ1) is 11.0. The van der Waals surface area contributed by atoms with Crippen molar-refractivity contribution < 1.29 is 19.2 Å². The Balaban J connectivity index is 1.95. The number of para-hydroxylation sites is 2. The molecular weight excluding hydrogens is 298 g/mol. The van der Waals surface area contributed by atoms with Crippen molar-refractivity contribution >= 4 is 11.7 Å². The first kappa shape index (κ1) is 16.5. The predicted octanol–water partition coefficient (Wildman–Crippen LogP) is 3.45. The monoisotopic (exact) mass is 315 g/mol. The van der Waals surface area contributed by atoms with E-state index in [1.165, 1.54) is 6.07 Å². The minimum atomic E-state index is -0.728. The second-order valence-electron chi connectivity index (χ2n) is 4.98. The molecule has 0 heterocycles. The van der Waals surface area contributed by atoms with Crippen LogP contribution in [0.5, 0.6) is 5.75 Å². The first-order valence-electron chi connectivity index (χ1n) is 7.10. The highest BCUT2D eigenvalue weighted by Gasteiger charge is 2.23. The van der Waals surface area contributed by atoms with Crippen LogP contribution in [0, 0.1) is 24.0 Å². The maximum atomic E-state index is 12.0. The molecule has 0 spiro atoms. The van der Waals surface area contributed by atoms with Gasteiger partial charge in [-0.1, -0.05) is 30.3 Å². The third-order valence-corrected chi connectivity index (χ3v) is 3.31. The Morgan fingerprint density at radius 3 is 2.43 bits per heavy atom. The number of nitro groups is 1. The normalized spacial score (nSPS) is 10.2. The highest BCUT2D eigenvalue weighted by atomic mass is 16.6. The van der Waals surface area contributed by atoms with Gasteiger partial charge in [0.05, 0.1) is 4.92 Å². The molecule has 2 aromatic carbocycles. The van der Waals surface area contributed by atoms with E-state index in [9.17, 15) is 14.9 Å². The van der Waals surface area contributed by atoms with Crippen molar-refractivity contribution in [2.24, 2.45) is 0 Å². The Morgan fingerprint density at radius 2 is 1.74 bits per heavy atom. The molecular formula is C17H17NO5. The second-order valence-corrected chi connectivity index (χ2v) is 4.98. The summed E-state index contributed by atoms with van der Waals surface area (Å²) in [5.41, 5.74) is 1.12. The fraction of sp³-hybridized carbons (Fsp3) is 0.235. The molecule has 0 N–H and O–H groups in total. The number of nitrogens with zero attached hydrogens (tertiary/aromatic N) is 1. The maximum Gasteiger partial charge on any atom is 0.345 e. The number of hydrogen-bond donors (Lipinski definition) is 0. The lowest BCUT2D eigenvalue weighted by Crippen LogP contribution is -2.14. The van der Waals surface area contributed by atoms with Crippen LogP contribution in [0.15, 0.2) is 42.5 Å². The standard InChI is InChI=1S/C17H17NO5/c1-12-6-3-4-9-15(12)22-10-11-23-17(19)14-8-5-7-13(2)16(14)18(20)21/h3-9H,10-11H2,1-2H3. The van der Waals surface area contributed by atoms with Crippen molar-refractivity contribution in [2.75, 3.05) is 13.2 Å². The smallest absolute Gasteiger partial charge is 0.345 e. The van der Waals surface area contributed by atoms with Gasteiger partial charge in [0.15, 0.2) is 0 Å². The quantitative estimate of drug-likeness (QED) is 0.353. The lowest BCUT2D eigenvalue weighted by atomic mass is 10.1. The molecule has 0 radical (unpaired) electrons. The topological polar surface area (TPSA) is 78.7 Å². The summed E-state index contributed by atoms with van der Waals surface area (Å²) in [6.07, 6.45) is 0. The Hall–Kier alpha value is -2.89. The average Bonchev–Trinajstić information content (AvgIpc) is 2.52. The van der Waals surface area contributed by atoms with E-state index in [0.717, 1.165) is 5.56 Å². The highest BCUT2D eigenvalue weighted by Crippen LogP contribution is 2.23. The summed E-state index contributed by atoms with van der Waals surface area (Å²) in [7, 11) is 0. The van der Waals surface area contributed by atoms with E-state index in [-0.39, 0.29) is 24.5 Å². The SMILES string of the molecule is Cc1ccccc1OCCOC(=O)c1cccc(C)c1[N+](=O)[O-]. The van der Waals surface area contributed by atoms with Crippen LogP contribution in [-0.2, 0) is 4.74 Å². The lowest BCUT2D eigenvalue weighted by Gasteiger charge is -2.10. The van der Waals surface area contributed by atoms with Crippen molar-refractivity contribution in [1.29, 1.82) is 0 Å². The van der Waals surface area contributed by atoms with Gasteiger partial charge in [-0.05, 0) is 31.5 Å². The van der Waals surface area contributed by atoms with Crippen molar-refractivity contribution in [1.82, 2.24) is 0 Å². The molecule has 0 saturated carbocycles. The van der Waals surface area contributed by atoms with Gasteiger partial charge < -0.3 is 9.47 Å². The van der Waals surface area contributed by atoms with Crippen LogP contribution >= 0.6 is 0 Å². The molecule has 0 fully saturated rings. The van der Waals surface area contributed by atoms with E-state index in [2.05, 4.69) is 0 Å². The van der Waals surface area contributed by atoms with Crippen LogP contribution in [0.3, 0.4) is 0 Å². The number of esters is 1. The molecule has 6 nitrogen and oxygen atoms in total. The zero-order valence-corrected chi connectivity index (χ0v) is 12.9. The molecule has 0 aliphatic carbocycles. The highest BCUT2D eigenvalue weighted by molar-refractivity contribution is 5.94. The molecule has 23 heavy (non-hydrogen) atoms.